The molecular weight excluding hydrogens is 148 g/mol. The zero-order valence-electron chi connectivity index (χ0n) is 8.27. The fourth-order valence-corrected chi connectivity index (χ4v) is 1.94. The molecule has 0 aromatic heterocycles. The molecule has 1 fully saturated rings. The predicted molar refractivity (Wildman–Crippen MR) is 53.1 cm³/mol. The Labute approximate surface area is 75.6 Å². The average molecular weight is 168 g/mol. The summed E-state index contributed by atoms with van der Waals surface area (Å²) in [5.74, 6) is 0. The summed E-state index contributed by atoms with van der Waals surface area (Å²) in [7, 11) is 1.96. The highest BCUT2D eigenvalue weighted by molar-refractivity contribution is 5.03. The van der Waals surface area contributed by atoms with Crippen LogP contribution < -0.4 is 5.32 Å². The van der Waals surface area contributed by atoms with Crippen molar-refractivity contribution >= 4 is 0 Å². The Kier molecular flexibility index (Phi) is 3.60. The highest BCUT2D eigenvalue weighted by atomic mass is 15.2. The van der Waals surface area contributed by atoms with Gasteiger partial charge in [0.1, 0.15) is 0 Å². The summed E-state index contributed by atoms with van der Waals surface area (Å²) in [5.41, 5.74) is 1.17. The number of hydrogen-bond donors (Lipinski definition) is 1. The summed E-state index contributed by atoms with van der Waals surface area (Å²) >= 11 is 0. The van der Waals surface area contributed by atoms with E-state index in [1.807, 2.05) is 7.05 Å². The first-order valence-electron chi connectivity index (χ1n) is 4.90. The lowest BCUT2D eigenvalue weighted by molar-refractivity contribution is 0.261. The Bertz CT molecular complexity index is 148. The minimum absolute atomic E-state index is 0.553. The third-order valence-electron chi connectivity index (χ3n) is 2.69. The van der Waals surface area contributed by atoms with Crippen molar-refractivity contribution in [3.63, 3.8) is 0 Å². The van der Waals surface area contributed by atoms with Crippen molar-refractivity contribution in [1.82, 2.24) is 10.2 Å². The van der Waals surface area contributed by atoms with Gasteiger partial charge in [0.25, 0.3) is 0 Å². The van der Waals surface area contributed by atoms with E-state index in [0.717, 1.165) is 0 Å². The van der Waals surface area contributed by atoms with Gasteiger partial charge in [-0.2, -0.15) is 0 Å². The maximum atomic E-state index is 4.04. The van der Waals surface area contributed by atoms with E-state index in [9.17, 15) is 0 Å². The molecule has 1 aliphatic rings. The smallest absolute Gasteiger partial charge is 0.0486 e. The lowest BCUT2D eigenvalue weighted by Crippen LogP contribution is -2.37. The molecule has 1 heterocycles. The van der Waals surface area contributed by atoms with E-state index in [1.165, 1.54) is 38.0 Å². The fourth-order valence-electron chi connectivity index (χ4n) is 1.94. The van der Waals surface area contributed by atoms with E-state index in [2.05, 4.69) is 23.7 Å². The Morgan fingerprint density at radius 2 is 2.08 bits per heavy atom. The molecule has 2 heteroatoms. The van der Waals surface area contributed by atoms with Crippen molar-refractivity contribution in [2.75, 3.05) is 20.1 Å². The number of likely N-dealkylation sites (N-methyl/N-ethyl adjacent to an activating group) is 1. The predicted octanol–water partition coefficient (Wildman–Crippen LogP) is 1.59. The third kappa shape index (κ3) is 2.01. The molecule has 0 aromatic carbocycles. The first-order valence-corrected chi connectivity index (χ1v) is 4.90. The van der Waals surface area contributed by atoms with Crippen LogP contribution in [0.15, 0.2) is 12.3 Å². The zero-order chi connectivity index (χ0) is 8.97. The van der Waals surface area contributed by atoms with Crippen LogP contribution in [0.1, 0.15) is 26.2 Å². The van der Waals surface area contributed by atoms with Crippen LogP contribution in [-0.4, -0.2) is 31.1 Å². The number of hydrogen-bond acceptors (Lipinski definition) is 2. The molecule has 0 spiro atoms. The van der Waals surface area contributed by atoms with Crippen molar-refractivity contribution < 1.29 is 0 Å². The molecule has 0 radical (unpaired) electrons. The van der Waals surface area contributed by atoms with Gasteiger partial charge in [-0.25, -0.2) is 0 Å². The van der Waals surface area contributed by atoms with Crippen molar-refractivity contribution in [1.29, 1.82) is 0 Å². The highest BCUT2D eigenvalue weighted by Gasteiger charge is 2.21. The lowest BCUT2D eigenvalue weighted by Gasteiger charge is -2.27. The quantitative estimate of drug-likeness (QED) is 0.686. The topological polar surface area (TPSA) is 15.3 Å². The van der Waals surface area contributed by atoms with E-state index in [-0.39, 0.29) is 0 Å². The van der Waals surface area contributed by atoms with Crippen LogP contribution in [0.4, 0.5) is 0 Å². The summed E-state index contributed by atoms with van der Waals surface area (Å²) in [6.07, 6.45) is 3.88. The summed E-state index contributed by atoms with van der Waals surface area (Å²) < 4.78 is 0. The van der Waals surface area contributed by atoms with Crippen LogP contribution in [0.5, 0.6) is 0 Å². The van der Waals surface area contributed by atoms with E-state index in [0.29, 0.717) is 6.04 Å². The van der Waals surface area contributed by atoms with Crippen LogP contribution in [0.3, 0.4) is 0 Å². The molecule has 1 unspecified atom stereocenters. The third-order valence-corrected chi connectivity index (χ3v) is 2.69. The monoisotopic (exact) mass is 168 g/mol. The molecule has 0 aliphatic carbocycles. The van der Waals surface area contributed by atoms with Crippen molar-refractivity contribution in [3.8, 4) is 0 Å². The Balaban J connectivity index is 2.48. The SMILES string of the molecule is C=C(NC)C(CC)N1CCCC1. The van der Waals surface area contributed by atoms with Gasteiger partial charge < -0.3 is 5.32 Å². The molecule has 0 aromatic rings. The summed E-state index contributed by atoms with van der Waals surface area (Å²) in [4.78, 5) is 2.53. The van der Waals surface area contributed by atoms with Crippen LogP contribution in [0, 0.1) is 0 Å². The van der Waals surface area contributed by atoms with Crippen LogP contribution in [-0.2, 0) is 0 Å². The van der Waals surface area contributed by atoms with Gasteiger partial charge in [0.2, 0.25) is 0 Å². The minimum Gasteiger partial charge on any atom is -0.391 e. The van der Waals surface area contributed by atoms with Gasteiger partial charge in [0.15, 0.2) is 0 Å². The van der Waals surface area contributed by atoms with Crippen molar-refractivity contribution in [3.05, 3.63) is 12.3 Å². The molecular formula is C10H20N2. The maximum absolute atomic E-state index is 4.04. The van der Waals surface area contributed by atoms with Gasteiger partial charge in [-0.15, -0.1) is 0 Å². The molecule has 1 rings (SSSR count). The molecule has 70 valence electrons. The van der Waals surface area contributed by atoms with E-state index in [4.69, 9.17) is 0 Å². The van der Waals surface area contributed by atoms with Crippen molar-refractivity contribution in [2.24, 2.45) is 0 Å². The molecule has 1 atom stereocenters. The molecule has 1 aliphatic heterocycles. The summed E-state index contributed by atoms with van der Waals surface area (Å²) in [6.45, 7) is 8.76. The Morgan fingerprint density at radius 3 is 2.50 bits per heavy atom. The molecule has 2 nitrogen and oxygen atoms in total. The summed E-state index contributed by atoms with van der Waals surface area (Å²) in [6, 6.07) is 0.553. The molecule has 0 saturated carbocycles. The molecule has 12 heavy (non-hydrogen) atoms. The van der Waals surface area contributed by atoms with Crippen molar-refractivity contribution in [2.45, 2.75) is 32.2 Å². The highest BCUT2D eigenvalue weighted by Crippen LogP contribution is 2.17. The maximum Gasteiger partial charge on any atom is 0.0486 e. The Morgan fingerprint density at radius 1 is 1.50 bits per heavy atom. The number of rotatable bonds is 4. The molecule has 1 saturated heterocycles. The number of nitrogens with zero attached hydrogens (tertiary/aromatic N) is 1. The first kappa shape index (κ1) is 9.59. The molecule has 1 N–H and O–H groups in total. The van der Waals surface area contributed by atoms with Crippen LogP contribution >= 0.6 is 0 Å². The van der Waals surface area contributed by atoms with Crippen LogP contribution in [0.25, 0.3) is 0 Å². The second kappa shape index (κ2) is 4.51. The van der Waals surface area contributed by atoms with Gasteiger partial charge in [0.05, 0.1) is 0 Å². The number of likely N-dealkylation sites (tertiary alicyclic amines) is 1. The van der Waals surface area contributed by atoms with Gasteiger partial charge in [-0.05, 0) is 32.4 Å². The minimum atomic E-state index is 0.553. The van der Waals surface area contributed by atoms with Gasteiger partial charge in [-0.3, -0.25) is 4.90 Å². The average Bonchev–Trinajstić information content (AvgIpc) is 2.58. The standard InChI is InChI=1S/C10H20N2/c1-4-10(9(2)11-3)12-7-5-6-8-12/h10-11H,2,4-8H2,1,3H3. The summed E-state index contributed by atoms with van der Waals surface area (Å²) in [5, 5.41) is 3.16. The Hall–Kier alpha value is -0.500. The fraction of sp³-hybridized carbons (Fsp3) is 0.800. The van der Waals surface area contributed by atoms with E-state index < -0.39 is 0 Å². The second-order valence-electron chi connectivity index (χ2n) is 3.44. The van der Waals surface area contributed by atoms with Gasteiger partial charge >= 0.3 is 0 Å². The normalized spacial score (nSPS) is 20.8. The van der Waals surface area contributed by atoms with Gasteiger partial charge in [-0.1, -0.05) is 13.5 Å². The van der Waals surface area contributed by atoms with E-state index in [1.54, 1.807) is 0 Å². The molecule has 0 amide bonds. The second-order valence-corrected chi connectivity index (χ2v) is 3.44. The molecule has 0 bridgehead atoms. The van der Waals surface area contributed by atoms with E-state index >= 15 is 0 Å². The largest absolute Gasteiger partial charge is 0.391 e. The lowest BCUT2D eigenvalue weighted by atomic mass is 10.1. The first-order chi connectivity index (χ1) is 5.79. The van der Waals surface area contributed by atoms with Crippen LogP contribution in [0.2, 0.25) is 0 Å². The number of nitrogens with one attached hydrogen (secondary N) is 1. The van der Waals surface area contributed by atoms with Gasteiger partial charge in [0, 0.05) is 18.8 Å². The zero-order valence-corrected chi connectivity index (χ0v) is 8.27.